The number of carbonyl (C=O) groups excluding carboxylic acids is 1. The highest BCUT2D eigenvalue weighted by Crippen LogP contribution is 2.28. The fraction of sp³-hybridized carbons (Fsp3) is 0.240. The van der Waals surface area contributed by atoms with Crippen LogP contribution in [0.15, 0.2) is 73.2 Å². The molecule has 0 saturated carbocycles. The number of benzene rings is 2. The van der Waals surface area contributed by atoms with Crippen LogP contribution >= 0.6 is 0 Å². The van der Waals surface area contributed by atoms with E-state index >= 15 is 0 Å². The van der Waals surface area contributed by atoms with Gasteiger partial charge in [-0.1, -0.05) is 30.3 Å². The van der Waals surface area contributed by atoms with Crippen molar-refractivity contribution in [3.63, 3.8) is 0 Å². The summed E-state index contributed by atoms with van der Waals surface area (Å²) in [6.07, 6.45) is 7.80. The van der Waals surface area contributed by atoms with Gasteiger partial charge in [-0.15, -0.1) is 0 Å². The second kappa shape index (κ2) is 8.32. The summed E-state index contributed by atoms with van der Waals surface area (Å²) in [5, 5.41) is 9.68. The molecule has 0 bridgehead atoms. The Labute approximate surface area is 181 Å². The smallest absolute Gasteiger partial charge is 0.252 e. The predicted octanol–water partition coefficient (Wildman–Crippen LogP) is 4.16. The molecule has 1 atom stereocenters. The third kappa shape index (κ3) is 4.07. The van der Waals surface area contributed by atoms with Crippen molar-refractivity contribution in [1.29, 1.82) is 0 Å². The monoisotopic (exact) mass is 411 g/mol. The molecule has 0 radical (unpaired) electrons. The first kappa shape index (κ1) is 19.5. The van der Waals surface area contributed by atoms with Gasteiger partial charge < -0.3 is 5.32 Å². The molecule has 2 aromatic carbocycles. The SMILES string of the molecule is Cn1cc(-c2ccc3cnc(C(NC(=O)c4ccccc4)N4CCCC4)cc3c2)cn1. The van der Waals surface area contributed by atoms with Crippen molar-refractivity contribution in [2.45, 2.75) is 19.0 Å². The number of hydrogen-bond acceptors (Lipinski definition) is 4. The summed E-state index contributed by atoms with van der Waals surface area (Å²) in [6.45, 7) is 1.91. The number of pyridine rings is 1. The molecule has 1 unspecified atom stereocenters. The van der Waals surface area contributed by atoms with Crippen LogP contribution < -0.4 is 5.32 Å². The highest BCUT2D eigenvalue weighted by molar-refractivity contribution is 5.94. The average Bonchev–Trinajstić information content (AvgIpc) is 3.49. The fourth-order valence-electron chi connectivity index (χ4n) is 4.21. The topological polar surface area (TPSA) is 63.1 Å². The Morgan fingerprint density at radius 2 is 1.77 bits per heavy atom. The predicted molar refractivity (Wildman–Crippen MR) is 121 cm³/mol. The molecular formula is C25H25N5O. The summed E-state index contributed by atoms with van der Waals surface area (Å²) < 4.78 is 1.81. The molecule has 0 spiro atoms. The number of likely N-dealkylation sites (tertiary alicyclic amines) is 1. The van der Waals surface area contributed by atoms with E-state index < -0.39 is 0 Å². The number of fused-ring (bicyclic) bond motifs is 1. The van der Waals surface area contributed by atoms with Crippen LogP contribution in [0.4, 0.5) is 0 Å². The fourth-order valence-corrected chi connectivity index (χ4v) is 4.21. The van der Waals surface area contributed by atoms with E-state index in [9.17, 15) is 4.79 Å². The molecule has 1 aliphatic rings. The molecule has 1 N–H and O–H groups in total. The third-order valence-electron chi connectivity index (χ3n) is 5.87. The molecule has 31 heavy (non-hydrogen) atoms. The molecule has 3 heterocycles. The normalized spacial score (nSPS) is 15.3. The Bertz CT molecular complexity index is 1210. The van der Waals surface area contributed by atoms with Crippen LogP contribution in [0.5, 0.6) is 0 Å². The van der Waals surface area contributed by atoms with Gasteiger partial charge in [0.1, 0.15) is 6.17 Å². The first-order chi connectivity index (χ1) is 15.2. The first-order valence-corrected chi connectivity index (χ1v) is 10.7. The maximum atomic E-state index is 12.9. The zero-order valence-corrected chi connectivity index (χ0v) is 17.5. The third-order valence-corrected chi connectivity index (χ3v) is 5.87. The van der Waals surface area contributed by atoms with Crippen LogP contribution in [0.3, 0.4) is 0 Å². The number of rotatable bonds is 5. The molecule has 1 fully saturated rings. The van der Waals surface area contributed by atoms with Crippen molar-refractivity contribution in [1.82, 2.24) is 25.0 Å². The van der Waals surface area contributed by atoms with Crippen molar-refractivity contribution in [3.8, 4) is 11.1 Å². The van der Waals surface area contributed by atoms with Crippen molar-refractivity contribution in [3.05, 3.63) is 84.4 Å². The van der Waals surface area contributed by atoms with Crippen LogP contribution in [-0.2, 0) is 7.05 Å². The maximum absolute atomic E-state index is 12.9. The van der Waals surface area contributed by atoms with E-state index in [4.69, 9.17) is 4.98 Å². The van der Waals surface area contributed by atoms with E-state index in [-0.39, 0.29) is 12.1 Å². The molecule has 6 heteroatoms. The number of nitrogens with zero attached hydrogens (tertiary/aromatic N) is 4. The van der Waals surface area contributed by atoms with Crippen molar-refractivity contribution < 1.29 is 4.79 Å². The lowest BCUT2D eigenvalue weighted by Crippen LogP contribution is -2.40. The molecule has 1 aliphatic heterocycles. The van der Waals surface area contributed by atoms with Gasteiger partial charge in [0.2, 0.25) is 0 Å². The van der Waals surface area contributed by atoms with Crippen molar-refractivity contribution >= 4 is 16.7 Å². The van der Waals surface area contributed by atoms with Gasteiger partial charge in [-0.25, -0.2) is 0 Å². The second-order valence-electron chi connectivity index (χ2n) is 8.06. The van der Waals surface area contributed by atoms with Crippen LogP contribution in [-0.4, -0.2) is 38.7 Å². The molecular weight excluding hydrogens is 386 g/mol. The Hall–Kier alpha value is -3.51. The number of amides is 1. The van der Waals surface area contributed by atoms with E-state index in [0.29, 0.717) is 5.56 Å². The molecule has 6 nitrogen and oxygen atoms in total. The van der Waals surface area contributed by atoms with E-state index in [1.807, 2.05) is 56.0 Å². The number of hydrogen-bond donors (Lipinski definition) is 1. The summed E-state index contributed by atoms with van der Waals surface area (Å²) >= 11 is 0. The second-order valence-corrected chi connectivity index (χ2v) is 8.06. The molecule has 4 aromatic rings. The summed E-state index contributed by atoms with van der Waals surface area (Å²) in [5.41, 5.74) is 3.72. The minimum Gasteiger partial charge on any atom is -0.331 e. The molecule has 5 rings (SSSR count). The van der Waals surface area contributed by atoms with E-state index in [1.54, 1.807) is 4.68 Å². The van der Waals surface area contributed by atoms with Crippen LogP contribution in [0.2, 0.25) is 0 Å². The van der Waals surface area contributed by atoms with Gasteiger partial charge in [0.25, 0.3) is 5.91 Å². The highest BCUT2D eigenvalue weighted by atomic mass is 16.1. The van der Waals surface area contributed by atoms with Crippen molar-refractivity contribution in [2.75, 3.05) is 13.1 Å². The number of nitrogens with one attached hydrogen (secondary N) is 1. The Balaban J connectivity index is 1.50. The van der Waals surface area contributed by atoms with E-state index in [0.717, 1.165) is 53.5 Å². The largest absolute Gasteiger partial charge is 0.331 e. The summed E-state index contributed by atoms with van der Waals surface area (Å²) in [7, 11) is 1.92. The Morgan fingerprint density at radius 1 is 0.968 bits per heavy atom. The Morgan fingerprint density at radius 3 is 2.52 bits per heavy atom. The average molecular weight is 412 g/mol. The maximum Gasteiger partial charge on any atom is 0.252 e. The van der Waals surface area contributed by atoms with Gasteiger partial charge in [-0.3, -0.25) is 19.4 Å². The number of aromatic nitrogens is 3. The van der Waals surface area contributed by atoms with Gasteiger partial charge in [0, 0.05) is 49.0 Å². The Kier molecular flexibility index (Phi) is 5.22. The molecule has 1 saturated heterocycles. The standard InChI is InChI=1S/C25H25N5O/c1-29-17-22(16-27-29)19-9-10-20-15-26-23(14-21(20)13-19)24(30-11-5-6-12-30)28-25(31)18-7-3-2-4-8-18/h2-4,7-10,13-17,24H,5-6,11-12H2,1H3,(H,28,31). The summed E-state index contributed by atoms with van der Waals surface area (Å²) in [6, 6.07) is 17.8. The minimum atomic E-state index is -0.248. The molecule has 1 amide bonds. The lowest BCUT2D eigenvalue weighted by atomic mass is 10.0. The van der Waals surface area contributed by atoms with Crippen molar-refractivity contribution in [2.24, 2.45) is 7.05 Å². The zero-order chi connectivity index (χ0) is 21.2. The van der Waals surface area contributed by atoms with Gasteiger partial charge in [0.15, 0.2) is 0 Å². The number of aryl methyl sites for hydroxylation is 1. The van der Waals surface area contributed by atoms with Crippen LogP contribution in [0.25, 0.3) is 21.9 Å². The van der Waals surface area contributed by atoms with E-state index in [2.05, 4.69) is 39.6 Å². The lowest BCUT2D eigenvalue weighted by molar-refractivity contribution is 0.0868. The lowest BCUT2D eigenvalue weighted by Gasteiger charge is -2.28. The first-order valence-electron chi connectivity index (χ1n) is 10.7. The zero-order valence-electron chi connectivity index (χ0n) is 17.5. The quantitative estimate of drug-likeness (QED) is 0.536. The van der Waals surface area contributed by atoms with Gasteiger partial charge in [-0.05, 0) is 48.1 Å². The summed E-state index contributed by atoms with van der Waals surface area (Å²) in [4.78, 5) is 20.0. The molecule has 2 aromatic heterocycles. The highest BCUT2D eigenvalue weighted by Gasteiger charge is 2.26. The van der Waals surface area contributed by atoms with Gasteiger partial charge in [-0.2, -0.15) is 5.10 Å². The molecule has 0 aliphatic carbocycles. The minimum absolute atomic E-state index is 0.0801. The van der Waals surface area contributed by atoms with Crippen LogP contribution in [0.1, 0.15) is 35.1 Å². The number of carbonyl (C=O) groups is 1. The van der Waals surface area contributed by atoms with Gasteiger partial charge >= 0.3 is 0 Å². The van der Waals surface area contributed by atoms with Crippen LogP contribution in [0, 0.1) is 0 Å². The summed E-state index contributed by atoms with van der Waals surface area (Å²) in [5.74, 6) is -0.0801. The molecule has 156 valence electrons. The van der Waals surface area contributed by atoms with Gasteiger partial charge in [0.05, 0.1) is 11.9 Å². The van der Waals surface area contributed by atoms with E-state index in [1.165, 1.54) is 0 Å².